The number of aromatic carboxylic acids is 1. The molecule has 0 aromatic carbocycles. The minimum absolute atomic E-state index is 0.0640. The first-order valence-electron chi connectivity index (χ1n) is 7.82. The Morgan fingerprint density at radius 3 is 2.57 bits per heavy atom. The minimum atomic E-state index is -1.01. The van der Waals surface area contributed by atoms with E-state index >= 15 is 0 Å². The van der Waals surface area contributed by atoms with Crippen molar-refractivity contribution in [3.05, 3.63) is 17.7 Å². The molecule has 0 amide bonds. The van der Waals surface area contributed by atoms with Gasteiger partial charge in [0.1, 0.15) is 5.82 Å². The summed E-state index contributed by atoms with van der Waals surface area (Å²) in [7, 11) is 0. The lowest BCUT2D eigenvalue weighted by molar-refractivity contribution is 0.0691. The number of anilines is 1. The second-order valence-corrected chi connectivity index (χ2v) is 5.85. The maximum Gasteiger partial charge on any atom is 0.356 e. The van der Waals surface area contributed by atoms with E-state index in [1.165, 1.54) is 19.3 Å². The maximum absolute atomic E-state index is 11.3. The van der Waals surface area contributed by atoms with E-state index in [-0.39, 0.29) is 17.7 Å². The molecule has 2 N–H and O–H groups in total. The Labute approximate surface area is 127 Å². The lowest BCUT2D eigenvalue weighted by Gasteiger charge is -2.17. The summed E-state index contributed by atoms with van der Waals surface area (Å²) in [6.45, 7) is 8.15. The molecule has 1 heterocycles. The molecule has 0 aliphatic carbocycles. The quantitative estimate of drug-likeness (QED) is 0.671. The van der Waals surface area contributed by atoms with Crippen LogP contribution in [0.2, 0.25) is 0 Å². The van der Waals surface area contributed by atoms with Crippen LogP contribution in [-0.4, -0.2) is 27.1 Å². The van der Waals surface area contributed by atoms with Gasteiger partial charge in [0, 0.05) is 12.0 Å². The van der Waals surface area contributed by atoms with E-state index in [9.17, 15) is 9.90 Å². The van der Waals surface area contributed by atoms with Gasteiger partial charge in [0.15, 0.2) is 5.69 Å². The van der Waals surface area contributed by atoms with E-state index in [0.717, 1.165) is 12.8 Å². The molecule has 5 heteroatoms. The summed E-state index contributed by atoms with van der Waals surface area (Å²) in [6.07, 6.45) is 7.44. The van der Waals surface area contributed by atoms with E-state index in [4.69, 9.17) is 0 Å². The zero-order valence-electron chi connectivity index (χ0n) is 13.5. The van der Waals surface area contributed by atoms with Gasteiger partial charge in [-0.25, -0.2) is 14.8 Å². The third-order valence-corrected chi connectivity index (χ3v) is 3.42. The van der Waals surface area contributed by atoms with E-state index < -0.39 is 5.97 Å². The molecule has 1 unspecified atom stereocenters. The highest BCUT2D eigenvalue weighted by Crippen LogP contribution is 2.18. The fraction of sp³-hybridized carbons (Fsp3) is 0.688. The Bertz CT molecular complexity index is 461. The summed E-state index contributed by atoms with van der Waals surface area (Å²) in [5.74, 6) is -0.336. The minimum Gasteiger partial charge on any atom is -0.476 e. The highest BCUT2D eigenvalue weighted by Gasteiger charge is 2.16. The molecule has 5 nitrogen and oxygen atoms in total. The van der Waals surface area contributed by atoms with Crippen LogP contribution in [0.4, 0.5) is 5.69 Å². The maximum atomic E-state index is 11.3. The molecule has 0 saturated carbocycles. The third-order valence-electron chi connectivity index (χ3n) is 3.42. The molecule has 0 saturated heterocycles. The van der Waals surface area contributed by atoms with Gasteiger partial charge >= 0.3 is 5.97 Å². The van der Waals surface area contributed by atoms with Crippen LogP contribution >= 0.6 is 0 Å². The number of nitrogens with one attached hydrogen (secondary N) is 1. The number of rotatable bonds is 9. The normalized spacial score (nSPS) is 12.4. The average molecular weight is 293 g/mol. The Morgan fingerprint density at radius 2 is 2.00 bits per heavy atom. The molecule has 0 aliphatic rings. The van der Waals surface area contributed by atoms with Crippen molar-refractivity contribution in [1.82, 2.24) is 9.97 Å². The lowest BCUT2D eigenvalue weighted by Crippen LogP contribution is -2.19. The summed E-state index contributed by atoms with van der Waals surface area (Å²) in [5.41, 5.74) is 0.573. The molecule has 1 aromatic heterocycles. The highest BCUT2D eigenvalue weighted by molar-refractivity contribution is 5.91. The van der Waals surface area contributed by atoms with Gasteiger partial charge < -0.3 is 10.4 Å². The number of unbranched alkanes of at least 4 members (excludes halogenated alkanes) is 3. The lowest BCUT2D eigenvalue weighted by atomic mass is 10.1. The summed E-state index contributed by atoms with van der Waals surface area (Å²) < 4.78 is 0. The number of nitrogens with zero attached hydrogens (tertiary/aromatic N) is 2. The number of hydrogen-bond donors (Lipinski definition) is 2. The summed E-state index contributed by atoms with van der Waals surface area (Å²) in [6, 6.07) is 0.216. The van der Waals surface area contributed by atoms with Crippen molar-refractivity contribution >= 4 is 11.7 Å². The van der Waals surface area contributed by atoms with Gasteiger partial charge in [0.05, 0.1) is 11.9 Å². The van der Waals surface area contributed by atoms with Crippen LogP contribution in [0.15, 0.2) is 6.20 Å². The van der Waals surface area contributed by atoms with Crippen molar-refractivity contribution in [3.63, 3.8) is 0 Å². The number of carboxylic acid groups (broad SMARTS) is 1. The molecular weight excluding hydrogens is 266 g/mol. The number of carboxylic acids is 1. The van der Waals surface area contributed by atoms with Gasteiger partial charge in [-0.3, -0.25) is 0 Å². The number of aromatic nitrogens is 2. The SMILES string of the molecule is CCCCCCC(C)Nc1cnc(C(C)C)nc1C(=O)O. The fourth-order valence-corrected chi connectivity index (χ4v) is 2.16. The average Bonchev–Trinajstić information content (AvgIpc) is 2.43. The zero-order chi connectivity index (χ0) is 15.8. The molecule has 1 atom stereocenters. The second kappa shape index (κ2) is 8.60. The van der Waals surface area contributed by atoms with Crippen LogP contribution < -0.4 is 5.32 Å². The highest BCUT2D eigenvalue weighted by atomic mass is 16.4. The Balaban J connectivity index is 2.71. The molecule has 0 aliphatic heterocycles. The Morgan fingerprint density at radius 1 is 1.29 bits per heavy atom. The van der Waals surface area contributed by atoms with E-state index in [0.29, 0.717) is 11.5 Å². The largest absolute Gasteiger partial charge is 0.476 e. The van der Waals surface area contributed by atoms with Gasteiger partial charge in [-0.1, -0.05) is 46.5 Å². The molecule has 1 rings (SSSR count). The standard InChI is InChI=1S/C16H27N3O2/c1-5-6-7-8-9-12(4)18-13-10-17-15(11(2)3)19-14(13)16(20)21/h10-12,18H,5-9H2,1-4H3,(H,20,21). The topological polar surface area (TPSA) is 75.1 Å². The first kappa shape index (κ1) is 17.4. The van der Waals surface area contributed by atoms with Gasteiger partial charge in [0.2, 0.25) is 0 Å². The summed E-state index contributed by atoms with van der Waals surface area (Å²) in [4.78, 5) is 19.8. The van der Waals surface area contributed by atoms with Crippen molar-refractivity contribution in [2.24, 2.45) is 0 Å². The van der Waals surface area contributed by atoms with Gasteiger partial charge in [-0.15, -0.1) is 0 Å². The van der Waals surface area contributed by atoms with Crippen molar-refractivity contribution < 1.29 is 9.90 Å². The summed E-state index contributed by atoms with van der Waals surface area (Å²) >= 11 is 0. The van der Waals surface area contributed by atoms with Crippen LogP contribution in [0.1, 0.15) is 82.0 Å². The zero-order valence-corrected chi connectivity index (χ0v) is 13.5. The van der Waals surface area contributed by atoms with Gasteiger partial charge in [0.25, 0.3) is 0 Å². The fourth-order valence-electron chi connectivity index (χ4n) is 2.16. The number of hydrogen-bond acceptors (Lipinski definition) is 4. The van der Waals surface area contributed by atoms with Crippen molar-refractivity contribution in [1.29, 1.82) is 0 Å². The van der Waals surface area contributed by atoms with E-state index in [1.54, 1.807) is 6.20 Å². The molecule has 0 bridgehead atoms. The third kappa shape index (κ3) is 5.69. The first-order chi connectivity index (χ1) is 9.95. The second-order valence-electron chi connectivity index (χ2n) is 5.85. The van der Waals surface area contributed by atoms with Gasteiger partial charge in [-0.2, -0.15) is 0 Å². The molecule has 0 spiro atoms. The van der Waals surface area contributed by atoms with Crippen LogP contribution in [0.3, 0.4) is 0 Å². The molecule has 0 radical (unpaired) electrons. The summed E-state index contributed by atoms with van der Waals surface area (Å²) in [5, 5.41) is 12.5. The van der Waals surface area contributed by atoms with E-state index in [2.05, 4.69) is 29.1 Å². The molecule has 0 fully saturated rings. The van der Waals surface area contributed by atoms with Crippen LogP contribution in [-0.2, 0) is 0 Å². The van der Waals surface area contributed by atoms with Gasteiger partial charge in [-0.05, 0) is 13.3 Å². The van der Waals surface area contributed by atoms with Crippen LogP contribution in [0, 0.1) is 0 Å². The van der Waals surface area contributed by atoms with Crippen LogP contribution in [0.5, 0.6) is 0 Å². The molecule has 118 valence electrons. The Hall–Kier alpha value is -1.65. The van der Waals surface area contributed by atoms with Crippen LogP contribution in [0.25, 0.3) is 0 Å². The smallest absolute Gasteiger partial charge is 0.356 e. The van der Waals surface area contributed by atoms with Crippen molar-refractivity contribution in [2.75, 3.05) is 5.32 Å². The van der Waals surface area contributed by atoms with Crippen molar-refractivity contribution in [2.45, 2.75) is 71.8 Å². The van der Waals surface area contributed by atoms with Crippen molar-refractivity contribution in [3.8, 4) is 0 Å². The first-order valence-corrected chi connectivity index (χ1v) is 7.82. The number of carbonyl (C=O) groups is 1. The predicted molar refractivity (Wildman–Crippen MR) is 84.9 cm³/mol. The Kier molecular flexibility index (Phi) is 7.12. The van der Waals surface area contributed by atoms with E-state index in [1.807, 2.05) is 13.8 Å². The molecule has 1 aromatic rings. The monoisotopic (exact) mass is 293 g/mol. The predicted octanol–water partition coefficient (Wildman–Crippen LogP) is 4.07. The molecular formula is C16H27N3O2. The molecule has 21 heavy (non-hydrogen) atoms.